The molecule has 6 heteroatoms. The van der Waals surface area contributed by atoms with Crippen LogP contribution in [0, 0.1) is 0 Å². The normalized spacial score (nSPS) is 18.8. The van der Waals surface area contributed by atoms with Gasteiger partial charge in [0, 0.05) is 43.6 Å². The zero-order valence-corrected chi connectivity index (χ0v) is 16.0. The molecule has 3 heterocycles. The molecule has 0 atom stereocenters. The predicted octanol–water partition coefficient (Wildman–Crippen LogP) is 4.16. The van der Waals surface area contributed by atoms with Crippen LogP contribution in [0.3, 0.4) is 0 Å². The Morgan fingerprint density at radius 2 is 1.93 bits per heavy atom. The van der Waals surface area contributed by atoms with Gasteiger partial charge in [-0.15, -0.1) is 0 Å². The fourth-order valence-corrected chi connectivity index (χ4v) is 4.66. The minimum atomic E-state index is 0.0201. The maximum Gasteiger partial charge on any atom is 0.271 e. The topological polar surface area (TPSA) is 63.1 Å². The minimum absolute atomic E-state index is 0.0201. The SMILES string of the molecule is O=C(c1cnc[nH]1)N1CCC(Oc2cccc3c2ccn3C2CCCC2)CC1. The summed E-state index contributed by atoms with van der Waals surface area (Å²) < 4.78 is 8.82. The molecule has 2 aliphatic rings. The third kappa shape index (κ3) is 3.17. The number of ether oxygens (including phenoxy) is 1. The molecule has 2 aromatic heterocycles. The van der Waals surface area contributed by atoms with Gasteiger partial charge in [0.15, 0.2) is 0 Å². The maximum atomic E-state index is 12.4. The lowest BCUT2D eigenvalue weighted by Gasteiger charge is -2.32. The molecule has 2 fully saturated rings. The van der Waals surface area contributed by atoms with Crippen LogP contribution in [-0.2, 0) is 0 Å². The number of H-pyrrole nitrogens is 1. The molecule has 1 aliphatic heterocycles. The van der Waals surface area contributed by atoms with Crippen LogP contribution in [0.1, 0.15) is 55.1 Å². The number of aromatic amines is 1. The highest BCUT2D eigenvalue weighted by molar-refractivity contribution is 5.92. The van der Waals surface area contributed by atoms with Gasteiger partial charge in [-0.3, -0.25) is 4.79 Å². The summed E-state index contributed by atoms with van der Waals surface area (Å²) >= 11 is 0. The number of nitrogens with one attached hydrogen (secondary N) is 1. The van der Waals surface area contributed by atoms with E-state index in [9.17, 15) is 4.79 Å². The first-order valence-corrected chi connectivity index (χ1v) is 10.3. The number of benzene rings is 1. The lowest BCUT2D eigenvalue weighted by atomic mass is 10.1. The smallest absolute Gasteiger partial charge is 0.271 e. The molecule has 1 amide bonds. The predicted molar refractivity (Wildman–Crippen MR) is 108 cm³/mol. The molecule has 6 nitrogen and oxygen atoms in total. The zero-order valence-electron chi connectivity index (χ0n) is 16.0. The standard InChI is InChI=1S/C22H26N4O2/c27-22(19-14-23-15-24-19)25-11-8-17(9-12-25)28-21-7-3-6-20-18(21)10-13-26(20)16-4-1-2-5-16/h3,6-7,10,13-17H,1-2,4-5,8-9,11-12H2,(H,23,24). The van der Waals surface area contributed by atoms with Crippen molar-refractivity contribution in [3.05, 3.63) is 48.7 Å². The maximum absolute atomic E-state index is 12.4. The van der Waals surface area contributed by atoms with Gasteiger partial charge in [-0.2, -0.15) is 0 Å². The van der Waals surface area contributed by atoms with E-state index < -0.39 is 0 Å². The Kier molecular flexibility index (Phi) is 4.55. The molecule has 146 valence electrons. The number of hydrogen-bond acceptors (Lipinski definition) is 3. The van der Waals surface area contributed by atoms with Gasteiger partial charge in [-0.25, -0.2) is 4.98 Å². The van der Waals surface area contributed by atoms with Crippen molar-refractivity contribution in [2.45, 2.75) is 50.7 Å². The number of fused-ring (bicyclic) bond motifs is 1. The molecule has 0 bridgehead atoms. The molecule has 1 saturated heterocycles. The first-order chi connectivity index (χ1) is 13.8. The van der Waals surface area contributed by atoms with E-state index in [2.05, 4.69) is 45.0 Å². The number of imidazole rings is 1. The highest BCUT2D eigenvalue weighted by atomic mass is 16.5. The third-order valence-electron chi connectivity index (χ3n) is 6.19. The summed E-state index contributed by atoms with van der Waals surface area (Å²) in [6.07, 6.45) is 12.4. The van der Waals surface area contributed by atoms with Gasteiger partial charge in [0.2, 0.25) is 0 Å². The Balaban J connectivity index is 1.27. The molecule has 5 rings (SSSR count). The van der Waals surface area contributed by atoms with Crippen LogP contribution in [0.2, 0.25) is 0 Å². The van der Waals surface area contributed by atoms with Crippen LogP contribution < -0.4 is 4.74 Å². The number of nitrogens with zero attached hydrogens (tertiary/aromatic N) is 3. The number of carbonyl (C=O) groups excluding carboxylic acids is 1. The first kappa shape index (κ1) is 17.3. The van der Waals surface area contributed by atoms with Crippen LogP contribution in [0.4, 0.5) is 0 Å². The molecule has 0 radical (unpaired) electrons. The Labute approximate surface area is 164 Å². The van der Waals surface area contributed by atoms with E-state index in [1.54, 1.807) is 12.5 Å². The number of hydrogen-bond donors (Lipinski definition) is 1. The van der Waals surface area contributed by atoms with Crippen LogP contribution in [-0.4, -0.2) is 44.5 Å². The van der Waals surface area contributed by atoms with Crippen molar-refractivity contribution in [3.63, 3.8) is 0 Å². The van der Waals surface area contributed by atoms with E-state index in [0.29, 0.717) is 24.8 Å². The van der Waals surface area contributed by atoms with E-state index >= 15 is 0 Å². The summed E-state index contributed by atoms with van der Waals surface area (Å²) in [6.45, 7) is 1.42. The van der Waals surface area contributed by atoms with Crippen molar-refractivity contribution in [1.82, 2.24) is 19.4 Å². The highest BCUT2D eigenvalue weighted by Crippen LogP contribution is 2.36. The van der Waals surface area contributed by atoms with E-state index in [1.165, 1.54) is 36.6 Å². The number of piperidine rings is 1. The Bertz CT molecular complexity index is 948. The van der Waals surface area contributed by atoms with Gasteiger partial charge in [-0.05, 0) is 31.0 Å². The van der Waals surface area contributed by atoms with E-state index in [1.807, 2.05) is 4.90 Å². The second kappa shape index (κ2) is 7.34. The van der Waals surface area contributed by atoms with Crippen LogP contribution >= 0.6 is 0 Å². The monoisotopic (exact) mass is 378 g/mol. The van der Waals surface area contributed by atoms with E-state index in [-0.39, 0.29) is 12.0 Å². The summed E-state index contributed by atoms with van der Waals surface area (Å²) in [5.41, 5.74) is 1.83. The van der Waals surface area contributed by atoms with Crippen LogP contribution in [0.15, 0.2) is 43.0 Å². The molecule has 0 spiro atoms. The summed E-state index contributed by atoms with van der Waals surface area (Å²) in [5, 5.41) is 1.20. The first-order valence-electron chi connectivity index (χ1n) is 10.3. The van der Waals surface area contributed by atoms with Gasteiger partial charge in [0.1, 0.15) is 17.5 Å². The Morgan fingerprint density at radius 3 is 2.68 bits per heavy atom. The van der Waals surface area contributed by atoms with E-state index in [0.717, 1.165) is 18.6 Å². The summed E-state index contributed by atoms with van der Waals surface area (Å²) in [7, 11) is 0. The fourth-order valence-electron chi connectivity index (χ4n) is 4.66. The number of rotatable bonds is 4. The fraction of sp³-hybridized carbons (Fsp3) is 0.455. The van der Waals surface area contributed by atoms with Crippen molar-refractivity contribution in [1.29, 1.82) is 0 Å². The number of aromatic nitrogens is 3. The molecular weight excluding hydrogens is 352 g/mol. The lowest BCUT2D eigenvalue weighted by molar-refractivity contribution is 0.0593. The second-order valence-electron chi connectivity index (χ2n) is 7.92. The largest absolute Gasteiger partial charge is 0.490 e. The summed E-state index contributed by atoms with van der Waals surface area (Å²) in [5.74, 6) is 0.985. The van der Waals surface area contributed by atoms with Crippen LogP contribution in [0.5, 0.6) is 5.75 Å². The molecule has 3 aromatic rings. The third-order valence-corrected chi connectivity index (χ3v) is 6.19. The molecule has 1 saturated carbocycles. The average Bonchev–Trinajstić information content (AvgIpc) is 3.49. The number of carbonyl (C=O) groups is 1. The van der Waals surface area contributed by atoms with Gasteiger partial charge in [-0.1, -0.05) is 18.9 Å². The minimum Gasteiger partial charge on any atom is -0.490 e. The van der Waals surface area contributed by atoms with Crippen molar-refractivity contribution >= 4 is 16.8 Å². The van der Waals surface area contributed by atoms with Gasteiger partial charge < -0.3 is 19.2 Å². The summed E-state index contributed by atoms with van der Waals surface area (Å²) in [4.78, 5) is 21.2. The van der Waals surface area contributed by atoms with Gasteiger partial charge in [0.05, 0.1) is 18.0 Å². The lowest BCUT2D eigenvalue weighted by Crippen LogP contribution is -2.41. The zero-order chi connectivity index (χ0) is 18.9. The summed E-state index contributed by atoms with van der Waals surface area (Å²) in [6, 6.07) is 9.19. The van der Waals surface area contributed by atoms with Gasteiger partial charge >= 0.3 is 0 Å². The quantitative estimate of drug-likeness (QED) is 0.741. The number of amides is 1. The molecule has 28 heavy (non-hydrogen) atoms. The highest BCUT2D eigenvalue weighted by Gasteiger charge is 2.26. The Hall–Kier alpha value is -2.76. The average molecular weight is 378 g/mol. The van der Waals surface area contributed by atoms with Crippen molar-refractivity contribution < 1.29 is 9.53 Å². The van der Waals surface area contributed by atoms with Gasteiger partial charge in [0.25, 0.3) is 5.91 Å². The van der Waals surface area contributed by atoms with Crippen molar-refractivity contribution in [3.8, 4) is 5.75 Å². The molecule has 1 aliphatic carbocycles. The van der Waals surface area contributed by atoms with Crippen molar-refractivity contribution in [2.75, 3.05) is 13.1 Å². The second-order valence-corrected chi connectivity index (χ2v) is 7.92. The molecule has 0 unspecified atom stereocenters. The molecular formula is C22H26N4O2. The van der Waals surface area contributed by atoms with Crippen LogP contribution in [0.25, 0.3) is 10.9 Å². The van der Waals surface area contributed by atoms with E-state index in [4.69, 9.17) is 4.74 Å². The molecule has 1 N–H and O–H groups in total. The number of likely N-dealkylation sites (tertiary alicyclic amines) is 1. The Morgan fingerprint density at radius 1 is 1.11 bits per heavy atom. The molecule has 1 aromatic carbocycles. The van der Waals surface area contributed by atoms with Crippen molar-refractivity contribution in [2.24, 2.45) is 0 Å².